The van der Waals surface area contributed by atoms with Crippen LogP contribution < -0.4 is 5.32 Å². The van der Waals surface area contributed by atoms with Crippen molar-refractivity contribution in [2.45, 2.75) is 25.4 Å². The Hall–Kier alpha value is -0.860. The summed E-state index contributed by atoms with van der Waals surface area (Å²) in [6.07, 6.45) is 2.24. The predicted octanol–water partition coefficient (Wildman–Crippen LogP) is 1.74. The van der Waals surface area contributed by atoms with E-state index in [0.29, 0.717) is 6.04 Å². The molecule has 1 atom stereocenters. The minimum Gasteiger partial charge on any atom is -0.385 e. The van der Waals surface area contributed by atoms with E-state index in [1.807, 2.05) is 0 Å². The standard InChI is InChI=1S/C12H17NO/c1-14-7-6-12-8-10-4-2-3-5-11(10)9-13-12/h2-5,12-13H,6-9H2,1H3. The van der Waals surface area contributed by atoms with Gasteiger partial charge in [0, 0.05) is 26.3 Å². The molecule has 0 bridgehead atoms. The van der Waals surface area contributed by atoms with Gasteiger partial charge >= 0.3 is 0 Å². The number of benzene rings is 1. The molecule has 0 aromatic heterocycles. The Kier molecular flexibility index (Phi) is 3.17. The fraction of sp³-hybridized carbons (Fsp3) is 0.500. The highest BCUT2D eigenvalue weighted by Gasteiger charge is 2.16. The van der Waals surface area contributed by atoms with Crippen molar-refractivity contribution in [1.29, 1.82) is 0 Å². The molecule has 1 aromatic rings. The van der Waals surface area contributed by atoms with Crippen molar-refractivity contribution in [3.63, 3.8) is 0 Å². The van der Waals surface area contributed by atoms with Crippen LogP contribution in [0.4, 0.5) is 0 Å². The van der Waals surface area contributed by atoms with E-state index in [1.54, 1.807) is 7.11 Å². The van der Waals surface area contributed by atoms with Crippen molar-refractivity contribution >= 4 is 0 Å². The molecule has 76 valence electrons. The first-order valence-electron chi connectivity index (χ1n) is 5.19. The molecule has 0 aliphatic carbocycles. The summed E-state index contributed by atoms with van der Waals surface area (Å²) in [6, 6.07) is 9.25. The molecule has 0 fully saturated rings. The zero-order valence-corrected chi connectivity index (χ0v) is 8.62. The number of hydrogen-bond acceptors (Lipinski definition) is 2. The van der Waals surface area contributed by atoms with E-state index in [-0.39, 0.29) is 0 Å². The Morgan fingerprint density at radius 2 is 2.14 bits per heavy atom. The second-order valence-electron chi connectivity index (χ2n) is 3.83. The Morgan fingerprint density at radius 3 is 2.93 bits per heavy atom. The van der Waals surface area contributed by atoms with E-state index in [4.69, 9.17) is 4.74 Å². The Labute approximate surface area is 85.3 Å². The molecular weight excluding hydrogens is 174 g/mol. The summed E-state index contributed by atoms with van der Waals surface area (Å²) in [6.45, 7) is 1.85. The van der Waals surface area contributed by atoms with Crippen molar-refractivity contribution < 1.29 is 4.74 Å². The van der Waals surface area contributed by atoms with Gasteiger partial charge in [-0.05, 0) is 24.0 Å². The zero-order valence-electron chi connectivity index (χ0n) is 8.62. The van der Waals surface area contributed by atoms with Gasteiger partial charge in [0.25, 0.3) is 0 Å². The van der Waals surface area contributed by atoms with Crippen LogP contribution in [-0.4, -0.2) is 19.8 Å². The third kappa shape index (κ3) is 2.14. The van der Waals surface area contributed by atoms with Gasteiger partial charge in [0.15, 0.2) is 0 Å². The SMILES string of the molecule is COCCC1Cc2ccccc2CN1. The first kappa shape index (κ1) is 9.69. The Bertz CT molecular complexity index is 298. The van der Waals surface area contributed by atoms with Gasteiger partial charge in [0.1, 0.15) is 0 Å². The molecule has 0 saturated carbocycles. The summed E-state index contributed by atoms with van der Waals surface area (Å²) in [5, 5.41) is 3.53. The van der Waals surface area contributed by atoms with Gasteiger partial charge < -0.3 is 10.1 Å². The molecule has 14 heavy (non-hydrogen) atoms. The zero-order chi connectivity index (χ0) is 9.80. The second kappa shape index (κ2) is 4.58. The molecular formula is C12H17NO. The van der Waals surface area contributed by atoms with Crippen LogP contribution in [0.2, 0.25) is 0 Å². The lowest BCUT2D eigenvalue weighted by molar-refractivity contribution is 0.181. The molecule has 1 aliphatic heterocycles. The lowest BCUT2D eigenvalue weighted by Gasteiger charge is -2.25. The van der Waals surface area contributed by atoms with Crippen molar-refractivity contribution in [2.24, 2.45) is 0 Å². The maximum atomic E-state index is 5.09. The topological polar surface area (TPSA) is 21.3 Å². The van der Waals surface area contributed by atoms with Crippen molar-refractivity contribution in [3.8, 4) is 0 Å². The normalized spacial score (nSPS) is 20.5. The highest BCUT2D eigenvalue weighted by Crippen LogP contribution is 2.17. The highest BCUT2D eigenvalue weighted by molar-refractivity contribution is 5.29. The third-order valence-corrected chi connectivity index (χ3v) is 2.84. The van der Waals surface area contributed by atoms with E-state index in [0.717, 1.165) is 26.0 Å². The van der Waals surface area contributed by atoms with Gasteiger partial charge in [0.2, 0.25) is 0 Å². The summed E-state index contributed by atoms with van der Waals surface area (Å²) >= 11 is 0. The molecule has 0 radical (unpaired) electrons. The molecule has 2 rings (SSSR count). The van der Waals surface area contributed by atoms with Crippen molar-refractivity contribution in [1.82, 2.24) is 5.32 Å². The second-order valence-corrected chi connectivity index (χ2v) is 3.83. The van der Waals surface area contributed by atoms with Crippen LogP contribution >= 0.6 is 0 Å². The molecule has 1 N–H and O–H groups in total. The number of rotatable bonds is 3. The fourth-order valence-corrected chi connectivity index (χ4v) is 1.99. The number of methoxy groups -OCH3 is 1. The maximum Gasteiger partial charge on any atom is 0.0477 e. The fourth-order valence-electron chi connectivity index (χ4n) is 1.99. The van der Waals surface area contributed by atoms with Crippen molar-refractivity contribution in [2.75, 3.05) is 13.7 Å². The highest BCUT2D eigenvalue weighted by atomic mass is 16.5. The van der Waals surface area contributed by atoms with E-state index < -0.39 is 0 Å². The van der Waals surface area contributed by atoms with Crippen molar-refractivity contribution in [3.05, 3.63) is 35.4 Å². The average molecular weight is 191 g/mol. The molecule has 0 spiro atoms. The molecule has 2 heteroatoms. The largest absolute Gasteiger partial charge is 0.385 e. The van der Waals surface area contributed by atoms with E-state index in [2.05, 4.69) is 29.6 Å². The summed E-state index contributed by atoms with van der Waals surface area (Å²) < 4.78 is 5.09. The average Bonchev–Trinajstić information content (AvgIpc) is 2.26. The predicted molar refractivity (Wildman–Crippen MR) is 57.3 cm³/mol. The number of ether oxygens (including phenoxy) is 1. The van der Waals surface area contributed by atoms with Crippen LogP contribution in [0.5, 0.6) is 0 Å². The number of hydrogen-bond donors (Lipinski definition) is 1. The van der Waals surface area contributed by atoms with Crippen LogP contribution in [0.3, 0.4) is 0 Å². The third-order valence-electron chi connectivity index (χ3n) is 2.84. The molecule has 1 aromatic carbocycles. The van der Waals surface area contributed by atoms with Gasteiger partial charge in [-0.25, -0.2) is 0 Å². The van der Waals surface area contributed by atoms with Gasteiger partial charge in [0.05, 0.1) is 0 Å². The van der Waals surface area contributed by atoms with Crippen LogP contribution in [0.1, 0.15) is 17.5 Å². The molecule has 0 amide bonds. The van der Waals surface area contributed by atoms with Crippen LogP contribution in [0.25, 0.3) is 0 Å². The van der Waals surface area contributed by atoms with E-state index in [9.17, 15) is 0 Å². The van der Waals surface area contributed by atoms with Crippen LogP contribution in [0.15, 0.2) is 24.3 Å². The van der Waals surface area contributed by atoms with Crippen LogP contribution in [0, 0.1) is 0 Å². The Morgan fingerprint density at radius 1 is 1.36 bits per heavy atom. The summed E-state index contributed by atoms with van der Waals surface area (Å²) in [4.78, 5) is 0. The van der Waals surface area contributed by atoms with Gasteiger partial charge in [-0.2, -0.15) is 0 Å². The summed E-state index contributed by atoms with van der Waals surface area (Å²) in [5.41, 5.74) is 2.94. The number of nitrogens with one attached hydrogen (secondary N) is 1. The van der Waals surface area contributed by atoms with Gasteiger partial charge in [-0.1, -0.05) is 24.3 Å². The quantitative estimate of drug-likeness (QED) is 0.785. The van der Waals surface area contributed by atoms with E-state index >= 15 is 0 Å². The smallest absolute Gasteiger partial charge is 0.0477 e. The molecule has 1 aliphatic rings. The van der Waals surface area contributed by atoms with Gasteiger partial charge in [-0.3, -0.25) is 0 Å². The molecule has 2 nitrogen and oxygen atoms in total. The maximum absolute atomic E-state index is 5.09. The first-order valence-corrected chi connectivity index (χ1v) is 5.19. The summed E-state index contributed by atoms with van der Waals surface area (Å²) in [7, 11) is 1.76. The number of fused-ring (bicyclic) bond motifs is 1. The monoisotopic (exact) mass is 191 g/mol. The van der Waals surface area contributed by atoms with E-state index in [1.165, 1.54) is 11.1 Å². The minimum absolute atomic E-state index is 0.588. The molecule has 0 saturated heterocycles. The molecule has 1 heterocycles. The first-order chi connectivity index (χ1) is 6.90. The summed E-state index contributed by atoms with van der Waals surface area (Å²) in [5.74, 6) is 0. The van der Waals surface area contributed by atoms with Crippen LogP contribution in [-0.2, 0) is 17.7 Å². The Balaban J connectivity index is 1.99. The molecule has 1 unspecified atom stereocenters. The lowest BCUT2D eigenvalue weighted by atomic mass is 9.94. The lowest BCUT2D eigenvalue weighted by Crippen LogP contribution is -2.36. The minimum atomic E-state index is 0.588. The van der Waals surface area contributed by atoms with Gasteiger partial charge in [-0.15, -0.1) is 0 Å².